The minimum absolute atomic E-state index is 0.0801. The number of anilines is 1. The van der Waals surface area contributed by atoms with Crippen LogP contribution in [0.25, 0.3) is 5.70 Å². The fraction of sp³-hybridized carbons (Fsp3) is 0.207. The van der Waals surface area contributed by atoms with Crippen LogP contribution in [0, 0.1) is 5.82 Å². The summed E-state index contributed by atoms with van der Waals surface area (Å²) in [5.74, 6) is -3.40. The van der Waals surface area contributed by atoms with E-state index in [0.29, 0.717) is 22.5 Å². The Balaban J connectivity index is 1.57. The molecule has 0 fully saturated rings. The summed E-state index contributed by atoms with van der Waals surface area (Å²) in [6, 6.07) is 21.9. The molecular weight excluding hydrogens is 493 g/mol. The Hall–Kier alpha value is -4.40. The van der Waals surface area contributed by atoms with E-state index in [1.165, 1.54) is 19.1 Å². The summed E-state index contributed by atoms with van der Waals surface area (Å²) in [5, 5.41) is 5.97. The van der Waals surface area contributed by atoms with Crippen LogP contribution in [0.4, 0.5) is 18.9 Å². The lowest BCUT2D eigenvalue weighted by Gasteiger charge is -2.15. The van der Waals surface area contributed by atoms with Crippen molar-refractivity contribution >= 4 is 29.1 Å². The number of guanidine groups is 1. The number of amides is 1. The minimum Gasteiger partial charge on any atom is -0.474 e. The van der Waals surface area contributed by atoms with Gasteiger partial charge in [0.05, 0.1) is 6.54 Å². The first-order valence-electron chi connectivity index (χ1n) is 12.1. The van der Waals surface area contributed by atoms with Gasteiger partial charge in [0.25, 0.3) is 11.8 Å². The van der Waals surface area contributed by atoms with Crippen molar-refractivity contribution in [2.24, 2.45) is 9.98 Å². The summed E-state index contributed by atoms with van der Waals surface area (Å²) < 4.78 is 46.2. The number of para-hydroxylation sites is 1. The Labute approximate surface area is 219 Å². The summed E-state index contributed by atoms with van der Waals surface area (Å²) >= 11 is 0. The quantitative estimate of drug-likeness (QED) is 0.360. The third-order valence-corrected chi connectivity index (χ3v) is 5.72. The van der Waals surface area contributed by atoms with Gasteiger partial charge in [0.15, 0.2) is 12.5 Å². The van der Waals surface area contributed by atoms with Crippen LogP contribution >= 0.6 is 0 Å². The standard InChI is InChI=1S/C29H27F3N4O2/c1-2-29(31,32)19-38-26-16-15-25(35-28(36-26)33-18-20-11-13-23(30)14-12-20)21-7-6-8-22(17-21)27(37)34-24-9-4-3-5-10-24/h3-15,17H,2,16,18-19H2,1H3,(H,33,35)(H,34,37). The SMILES string of the molecule is CCC(F)(F)COC1=NC(=NCc2ccc(F)cc2)NC(c2cccc(C(=O)Nc3ccccc3)c2)=CC1. The maximum atomic E-state index is 13.8. The van der Waals surface area contributed by atoms with Crippen molar-refractivity contribution in [2.45, 2.75) is 32.2 Å². The fourth-order valence-corrected chi connectivity index (χ4v) is 3.51. The molecule has 0 aliphatic carbocycles. The molecule has 38 heavy (non-hydrogen) atoms. The summed E-state index contributed by atoms with van der Waals surface area (Å²) in [6.07, 6.45) is 1.53. The Kier molecular flexibility index (Phi) is 8.58. The molecule has 0 spiro atoms. The molecule has 0 atom stereocenters. The monoisotopic (exact) mass is 520 g/mol. The maximum absolute atomic E-state index is 13.8. The number of rotatable bonds is 8. The number of aliphatic imine (C=N–C) groups is 2. The van der Waals surface area contributed by atoms with Gasteiger partial charge < -0.3 is 15.4 Å². The molecule has 4 rings (SSSR count). The molecule has 1 aliphatic heterocycles. The third kappa shape index (κ3) is 7.55. The molecule has 196 valence electrons. The Morgan fingerprint density at radius 2 is 1.84 bits per heavy atom. The average Bonchev–Trinajstić information content (AvgIpc) is 3.15. The molecule has 0 saturated heterocycles. The van der Waals surface area contributed by atoms with Gasteiger partial charge in [-0.3, -0.25) is 4.79 Å². The van der Waals surface area contributed by atoms with E-state index in [4.69, 9.17) is 4.74 Å². The van der Waals surface area contributed by atoms with Crippen molar-refractivity contribution in [1.29, 1.82) is 0 Å². The predicted molar refractivity (Wildman–Crippen MR) is 143 cm³/mol. The van der Waals surface area contributed by atoms with Gasteiger partial charge in [-0.15, -0.1) is 0 Å². The fourth-order valence-electron chi connectivity index (χ4n) is 3.51. The van der Waals surface area contributed by atoms with Crippen LogP contribution in [0.3, 0.4) is 0 Å². The molecule has 3 aromatic carbocycles. The maximum Gasteiger partial charge on any atom is 0.281 e. The number of benzene rings is 3. The first-order valence-corrected chi connectivity index (χ1v) is 12.1. The number of carbonyl (C=O) groups excluding carboxylic acids is 1. The van der Waals surface area contributed by atoms with E-state index < -0.39 is 12.5 Å². The van der Waals surface area contributed by atoms with Crippen molar-refractivity contribution in [3.05, 3.63) is 107 Å². The second kappa shape index (κ2) is 12.2. The van der Waals surface area contributed by atoms with Crippen LogP contribution in [0.2, 0.25) is 0 Å². The van der Waals surface area contributed by atoms with Crippen LogP contribution in [0.5, 0.6) is 0 Å². The summed E-state index contributed by atoms with van der Waals surface area (Å²) in [6.45, 7) is 0.761. The molecule has 0 unspecified atom stereocenters. The zero-order valence-corrected chi connectivity index (χ0v) is 20.8. The van der Waals surface area contributed by atoms with E-state index in [1.807, 2.05) is 24.3 Å². The number of hydrogen-bond donors (Lipinski definition) is 2. The van der Waals surface area contributed by atoms with Crippen molar-refractivity contribution < 1.29 is 22.7 Å². The van der Waals surface area contributed by atoms with E-state index in [0.717, 1.165) is 5.56 Å². The lowest BCUT2D eigenvalue weighted by atomic mass is 10.1. The zero-order chi connectivity index (χ0) is 27.0. The number of nitrogens with one attached hydrogen (secondary N) is 2. The Bertz CT molecular complexity index is 1350. The van der Waals surface area contributed by atoms with Gasteiger partial charge in [0, 0.05) is 29.8 Å². The largest absolute Gasteiger partial charge is 0.474 e. The normalized spacial score (nSPS) is 14.7. The molecule has 9 heteroatoms. The second-order valence-electron chi connectivity index (χ2n) is 8.62. The highest BCUT2D eigenvalue weighted by atomic mass is 19.3. The molecule has 0 radical (unpaired) electrons. The third-order valence-electron chi connectivity index (χ3n) is 5.72. The Morgan fingerprint density at radius 3 is 2.58 bits per heavy atom. The number of carbonyl (C=O) groups is 1. The topological polar surface area (TPSA) is 75.1 Å². The van der Waals surface area contributed by atoms with Crippen molar-refractivity contribution in [2.75, 3.05) is 11.9 Å². The van der Waals surface area contributed by atoms with Gasteiger partial charge in [-0.05, 0) is 47.5 Å². The van der Waals surface area contributed by atoms with Gasteiger partial charge in [0.2, 0.25) is 5.96 Å². The zero-order valence-electron chi connectivity index (χ0n) is 20.8. The number of halogens is 3. The molecule has 0 aromatic heterocycles. The van der Waals surface area contributed by atoms with Crippen molar-refractivity contribution in [3.63, 3.8) is 0 Å². The first kappa shape index (κ1) is 26.7. The molecule has 6 nitrogen and oxygen atoms in total. The summed E-state index contributed by atoms with van der Waals surface area (Å²) in [4.78, 5) is 21.6. The van der Waals surface area contributed by atoms with Crippen molar-refractivity contribution in [3.8, 4) is 0 Å². The molecule has 1 aliphatic rings. The predicted octanol–water partition coefficient (Wildman–Crippen LogP) is 6.43. The average molecular weight is 521 g/mol. The number of hydrogen-bond acceptors (Lipinski definition) is 3. The van der Waals surface area contributed by atoms with E-state index in [9.17, 15) is 18.0 Å². The molecule has 1 heterocycles. The minimum atomic E-state index is -2.99. The molecule has 0 bridgehead atoms. The van der Waals surface area contributed by atoms with E-state index in [-0.39, 0.29) is 43.0 Å². The molecule has 2 N–H and O–H groups in total. The highest BCUT2D eigenvalue weighted by Crippen LogP contribution is 2.21. The first-order chi connectivity index (χ1) is 18.3. The van der Waals surface area contributed by atoms with Crippen LogP contribution in [0.1, 0.15) is 41.3 Å². The summed E-state index contributed by atoms with van der Waals surface area (Å²) in [5.41, 5.74) is 3.11. The highest BCUT2D eigenvalue weighted by Gasteiger charge is 2.28. The van der Waals surface area contributed by atoms with E-state index >= 15 is 0 Å². The molecular formula is C29H27F3N4O2. The molecule has 3 aromatic rings. The molecule has 0 saturated carbocycles. The molecule has 1 amide bonds. The highest BCUT2D eigenvalue weighted by molar-refractivity contribution is 6.05. The lowest BCUT2D eigenvalue weighted by molar-refractivity contribution is -0.0479. The van der Waals surface area contributed by atoms with Gasteiger partial charge in [-0.1, -0.05) is 55.5 Å². The summed E-state index contributed by atoms with van der Waals surface area (Å²) in [7, 11) is 0. The van der Waals surface area contributed by atoms with Gasteiger partial charge in [0.1, 0.15) is 5.82 Å². The van der Waals surface area contributed by atoms with Crippen LogP contribution in [-0.4, -0.2) is 30.3 Å². The van der Waals surface area contributed by atoms with Crippen LogP contribution in [-0.2, 0) is 11.3 Å². The second-order valence-corrected chi connectivity index (χ2v) is 8.62. The van der Waals surface area contributed by atoms with Gasteiger partial charge in [-0.25, -0.2) is 18.2 Å². The smallest absolute Gasteiger partial charge is 0.281 e. The van der Waals surface area contributed by atoms with Gasteiger partial charge in [-0.2, -0.15) is 4.99 Å². The van der Waals surface area contributed by atoms with E-state index in [1.54, 1.807) is 48.5 Å². The van der Waals surface area contributed by atoms with Crippen LogP contribution in [0.15, 0.2) is 94.9 Å². The Morgan fingerprint density at radius 1 is 1.08 bits per heavy atom. The van der Waals surface area contributed by atoms with E-state index in [2.05, 4.69) is 20.6 Å². The van der Waals surface area contributed by atoms with Crippen molar-refractivity contribution in [1.82, 2.24) is 5.32 Å². The van der Waals surface area contributed by atoms with Crippen LogP contribution < -0.4 is 10.6 Å². The number of alkyl halides is 2. The lowest BCUT2D eigenvalue weighted by Crippen LogP contribution is -2.25. The number of nitrogens with zero attached hydrogens (tertiary/aromatic N) is 2. The number of ether oxygens (including phenoxy) is 1. The van der Waals surface area contributed by atoms with Gasteiger partial charge >= 0.3 is 0 Å².